The Morgan fingerprint density at radius 3 is 1.85 bits per heavy atom. The van der Waals surface area contributed by atoms with E-state index in [-0.39, 0.29) is 17.8 Å². The molecule has 1 rings (SSSR count). The molecule has 27 heavy (non-hydrogen) atoms. The zero-order valence-corrected chi connectivity index (χ0v) is 19.6. The first-order valence-corrected chi connectivity index (χ1v) is 10.8. The van der Waals surface area contributed by atoms with E-state index in [9.17, 15) is 0 Å². The molecule has 1 aromatic carbocycles. The molecule has 0 amide bonds. The largest absolute Gasteiger partial charge is 0.465 e. The van der Waals surface area contributed by atoms with Crippen LogP contribution in [0.2, 0.25) is 0 Å². The van der Waals surface area contributed by atoms with Gasteiger partial charge in [-0.25, -0.2) is 0 Å². The third-order valence-electron chi connectivity index (χ3n) is 5.31. The van der Waals surface area contributed by atoms with Gasteiger partial charge in [0.1, 0.15) is 5.75 Å². The van der Waals surface area contributed by atoms with Gasteiger partial charge >= 0.3 is 0 Å². The summed E-state index contributed by atoms with van der Waals surface area (Å²) in [5, 5.41) is 0. The molecule has 0 saturated heterocycles. The topological polar surface area (TPSA) is 18.5 Å². The lowest BCUT2D eigenvalue weighted by atomic mass is 9.70. The first kappa shape index (κ1) is 24.0. The molecule has 0 fully saturated rings. The highest BCUT2D eigenvalue weighted by Crippen LogP contribution is 2.42. The Balaban J connectivity index is 2.97. The van der Waals surface area contributed by atoms with Gasteiger partial charge in [0, 0.05) is 6.42 Å². The first-order chi connectivity index (χ1) is 12.3. The zero-order valence-electron chi connectivity index (χ0n) is 19.6. The second-order valence-electron chi connectivity index (χ2n) is 10.6. The summed E-state index contributed by atoms with van der Waals surface area (Å²) in [5.74, 6) is 2.15. The van der Waals surface area contributed by atoms with Crippen molar-refractivity contribution in [1.82, 2.24) is 0 Å². The molecule has 0 saturated carbocycles. The van der Waals surface area contributed by atoms with E-state index in [4.69, 9.17) is 9.47 Å². The molecule has 0 aliphatic heterocycles. The SMILES string of the molecule is CCC(C)(C)C(CC(C)C)c1ccc(OC(CC(C)(C)C)OC(C)C)cc1. The van der Waals surface area contributed by atoms with Gasteiger partial charge < -0.3 is 9.47 Å². The van der Waals surface area contributed by atoms with Crippen LogP contribution in [0, 0.1) is 16.7 Å². The Kier molecular flexibility index (Phi) is 8.86. The van der Waals surface area contributed by atoms with Crippen molar-refractivity contribution in [1.29, 1.82) is 0 Å². The molecule has 0 bridgehead atoms. The van der Waals surface area contributed by atoms with E-state index in [2.05, 4.69) is 93.5 Å². The Labute approximate surface area is 169 Å². The van der Waals surface area contributed by atoms with Crippen LogP contribution in [-0.4, -0.2) is 12.4 Å². The van der Waals surface area contributed by atoms with Crippen LogP contribution in [0.1, 0.15) is 100.0 Å². The summed E-state index contributed by atoms with van der Waals surface area (Å²) in [4.78, 5) is 0. The summed E-state index contributed by atoms with van der Waals surface area (Å²) in [6.45, 7) is 22.5. The predicted octanol–water partition coefficient (Wildman–Crippen LogP) is 7.82. The summed E-state index contributed by atoms with van der Waals surface area (Å²) in [5.41, 5.74) is 1.87. The molecule has 1 aromatic rings. The Morgan fingerprint density at radius 2 is 1.44 bits per heavy atom. The van der Waals surface area contributed by atoms with E-state index < -0.39 is 0 Å². The van der Waals surface area contributed by atoms with Gasteiger partial charge in [-0.2, -0.15) is 0 Å². The van der Waals surface area contributed by atoms with Crippen molar-refractivity contribution in [3.8, 4) is 5.75 Å². The lowest BCUT2D eigenvalue weighted by Crippen LogP contribution is -2.29. The Morgan fingerprint density at radius 1 is 0.889 bits per heavy atom. The number of ether oxygens (including phenoxy) is 2. The third-order valence-corrected chi connectivity index (χ3v) is 5.31. The van der Waals surface area contributed by atoms with E-state index in [0.29, 0.717) is 17.3 Å². The molecule has 2 nitrogen and oxygen atoms in total. The van der Waals surface area contributed by atoms with Gasteiger partial charge in [0.05, 0.1) is 6.10 Å². The lowest BCUT2D eigenvalue weighted by molar-refractivity contribution is -0.124. The molecule has 0 aliphatic carbocycles. The molecule has 0 heterocycles. The first-order valence-electron chi connectivity index (χ1n) is 10.8. The third kappa shape index (κ3) is 8.68. The van der Waals surface area contributed by atoms with Crippen LogP contribution in [0.25, 0.3) is 0 Å². The van der Waals surface area contributed by atoms with E-state index in [1.54, 1.807) is 0 Å². The number of hydrogen-bond donors (Lipinski definition) is 0. The number of rotatable bonds is 10. The van der Waals surface area contributed by atoms with Crippen molar-refractivity contribution < 1.29 is 9.47 Å². The van der Waals surface area contributed by atoms with Gasteiger partial charge in [-0.1, -0.05) is 73.9 Å². The second kappa shape index (κ2) is 9.96. The van der Waals surface area contributed by atoms with Crippen molar-refractivity contribution in [2.45, 2.75) is 107 Å². The molecular formula is C25H44O2. The smallest absolute Gasteiger partial charge is 0.200 e. The van der Waals surface area contributed by atoms with Crippen molar-refractivity contribution >= 4 is 0 Å². The normalized spacial score (nSPS) is 15.3. The van der Waals surface area contributed by atoms with E-state index in [1.165, 1.54) is 18.4 Å². The van der Waals surface area contributed by atoms with Crippen molar-refractivity contribution in [3.63, 3.8) is 0 Å². The predicted molar refractivity (Wildman–Crippen MR) is 117 cm³/mol. The molecule has 2 unspecified atom stereocenters. The summed E-state index contributed by atoms with van der Waals surface area (Å²) in [7, 11) is 0. The Bertz CT molecular complexity index is 534. The van der Waals surface area contributed by atoms with Gasteiger partial charge in [-0.15, -0.1) is 0 Å². The van der Waals surface area contributed by atoms with Crippen LogP contribution < -0.4 is 4.74 Å². The van der Waals surface area contributed by atoms with Crippen LogP contribution in [0.3, 0.4) is 0 Å². The highest BCUT2D eigenvalue weighted by atomic mass is 16.7. The van der Waals surface area contributed by atoms with Crippen LogP contribution in [0.4, 0.5) is 0 Å². The molecule has 2 atom stereocenters. The van der Waals surface area contributed by atoms with Gasteiger partial charge in [0.15, 0.2) is 0 Å². The minimum absolute atomic E-state index is 0.150. The Hall–Kier alpha value is -1.02. The second-order valence-corrected chi connectivity index (χ2v) is 10.6. The lowest BCUT2D eigenvalue weighted by Gasteiger charge is -2.35. The fraction of sp³-hybridized carbons (Fsp3) is 0.760. The van der Waals surface area contributed by atoms with Crippen LogP contribution in [-0.2, 0) is 4.74 Å². The van der Waals surface area contributed by atoms with E-state index in [0.717, 1.165) is 12.2 Å². The van der Waals surface area contributed by atoms with Crippen LogP contribution in [0.5, 0.6) is 5.75 Å². The minimum atomic E-state index is -0.214. The standard InChI is InChI=1S/C25H44O2/c1-11-25(9,10)22(16-18(2)3)20-12-14-21(15-13-20)27-23(26-19(4)5)17-24(6,7)8/h12-15,18-19,22-23H,11,16-17H2,1-10H3. The summed E-state index contributed by atoms with van der Waals surface area (Å²) < 4.78 is 12.2. The summed E-state index contributed by atoms with van der Waals surface area (Å²) >= 11 is 0. The highest BCUT2D eigenvalue weighted by molar-refractivity contribution is 5.30. The maximum atomic E-state index is 6.21. The van der Waals surface area contributed by atoms with Crippen molar-refractivity contribution in [2.75, 3.05) is 0 Å². The van der Waals surface area contributed by atoms with Gasteiger partial charge in [-0.3, -0.25) is 0 Å². The van der Waals surface area contributed by atoms with Gasteiger partial charge in [-0.05, 0) is 60.6 Å². The molecule has 0 aliphatic rings. The maximum Gasteiger partial charge on any atom is 0.200 e. The van der Waals surface area contributed by atoms with Crippen molar-refractivity contribution in [2.24, 2.45) is 16.7 Å². The fourth-order valence-electron chi connectivity index (χ4n) is 3.48. The highest BCUT2D eigenvalue weighted by Gasteiger charge is 2.30. The molecule has 2 heteroatoms. The van der Waals surface area contributed by atoms with E-state index >= 15 is 0 Å². The van der Waals surface area contributed by atoms with Crippen LogP contribution >= 0.6 is 0 Å². The molecule has 0 aromatic heterocycles. The molecule has 0 N–H and O–H groups in total. The number of hydrogen-bond acceptors (Lipinski definition) is 2. The molecule has 156 valence electrons. The zero-order chi connectivity index (χ0) is 20.8. The average Bonchev–Trinajstić information content (AvgIpc) is 2.51. The monoisotopic (exact) mass is 376 g/mol. The van der Waals surface area contributed by atoms with Gasteiger partial charge in [0.2, 0.25) is 6.29 Å². The molecular weight excluding hydrogens is 332 g/mol. The fourth-order valence-corrected chi connectivity index (χ4v) is 3.48. The van der Waals surface area contributed by atoms with Crippen molar-refractivity contribution in [3.05, 3.63) is 29.8 Å². The molecule has 0 spiro atoms. The molecule has 0 radical (unpaired) electrons. The maximum absolute atomic E-state index is 6.21. The minimum Gasteiger partial charge on any atom is -0.465 e. The van der Waals surface area contributed by atoms with E-state index in [1.807, 2.05) is 0 Å². The quantitative estimate of drug-likeness (QED) is 0.387. The summed E-state index contributed by atoms with van der Waals surface area (Å²) in [6.07, 6.45) is 3.20. The summed E-state index contributed by atoms with van der Waals surface area (Å²) in [6, 6.07) is 8.74. The van der Waals surface area contributed by atoms with Crippen LogP contribution in [0.15, 0.2) is 24.3 Å². The number of benzene rings is 1. The average molecular weight is 377 g/mol. The van der Waals surface area contributed by atoms with Gasteiger partial charge in [0.25, 0.3) is 0 Å².